The number of hydrogen-bond acceptors (Lipinski definition) is 4. The molecule has 1 amide bonds. The standard InChI is InChI=1S/C19H27N3O2/c23-19(21-11-15-5-3-4-8-20-15)10-17-9-14-12-22(13-18(14)24-17)16-6-1-2-7-16/h3-5,8,14,16-18H,1-2,6-7,9-13H2,(H,21,23)/t14-,17+,18+/m0/s1. The fourth-order valence-corrected chi connectivity index (χ4v) is 4.56. The maximum atomic E-state index is 12.1. The number of fused-ring (bicyclic) bond motifs is 1. The Morgan fingerprint density at radius 3 is 2.92 bits per heavy atom. The molecule has 24 heavy (non-hydrogen) atoms. The molecule has 2 saturated heterocycles. The van der Waals surface area contributed by atoms with Gasteiger partial charge in [0.2, 0.25) is 5.91 Å². The fourth-order valence-electron chi connectivity index (χ4n) is 4.56. The molecule has 0 radical (unpaired) electrons. The fraction of sp³-hybridized carbons (Fsp3) is 0.684. The van der Waals surface area contributed by atoms with Gasteiger partial charge in [-0.05, 0) is 31.4 Å². The third kappa shape index (κ3) is 3.62. The zero-order valence-electron chi connectivity index (χ0n) is 14.2. The van der Waals surface area contributed by atoms with E-state index in [9.17, 15) is 4.79 Å². The van der Waals surface area contributed by atoms with Gasteiger partial charge in [-0.3, -0.25) is 14.7 Å². The first-order valence-corrected chi connectivity index (χ1v) is 9.34. The van der Waals surface area contributed by atoms with Crippen LogP contribution < -0.4 is 5.32 Å². The Morgan fingerprint density at radius 1 is 1.29 bits per heavy atom. The van der Waals surface area contributed by atoms with Gasteiger partial charge in [0.1, 0.15) is 0 Å². The van der Waals surface area contributed by atoms with Crippen molar-refractivity contribution in [2.45, 2.75) is 63.3 Å². The second-order valence-corrected chi connectivity index (χ2v) is 7.49. The number of rotatable bonds is 5. The van der Waals surface area contributed by atoms with Crippen LogP contribution in [-0.2, 0) is 16.1 Å². The molecule has 5 nitrogen and oxygen atoms in total. The summed E-state index contributed by atoms with van der Waals surface area (Å²) in [6.45, 7) is 2.73. The average molecular weight is 329 g/mol. The highest BCUT2D eigenvalue weighted by Crippen LogP contribution is 2.37. The lowest BCUT2D eigenvalue weighted by molar-refractivity contribution is -0.124. The third-order valence-electron chi connectivity index (χ3n) is 5.79. The molecular formula is C19H27N3O2. The van der Waals surface area contributed by atoms with Gasteiger partial charge in [0, 0.05) is 31.2 Å². The predicted molar refractivity (Wildman–Crippen MR) is 91.3 cm³/mol. The van der Waals surface area contributed by atoms with E-state index in [1.807, 2.05) is 18.2 Å². The van der Waals surface area contributed by atoms with Gasteiger partial charge >= 0.3 is 0 Å². The number of carbonyl (C=O) groups is 1. The lowest BCUT2D eigenvalue weighted by Gasteiger charge is -2.25. The monoisotopic (exact) mass is 329 g/mol. The topological polar surface area (TPSA) is 54.5 Å². The zero-order chi connectivity index (χ0) is 16.4. The van der Waals surface area contributed by atoms with Crippen LogP contribution in [0.25, 0.3) is 0 Å². The van der Waals surface area contributed by atoms with E-state index < -0.39 is 0 Å². The number of nitrogens with zero attached hydrogens (tertiary/aromatic N) is 2. The molecule has 3 heterocycles. The summed E-state index contributed by atoms with van der Waals surface area (Å²) >= 11 is 0. The van der Waals surface area contributed by atoms with Crippen molar-refractivity contribution in [3.8, 4) is 0 Å². The van der Waals surface area contributed by atoms with E-state index in [2.05, 4.69) is 15.2 Å². The normalized spacial score (nSPS) is 30.6. The molecular weight excluding hydrogens is 302 g/mol. The molecule has 0 spiro atoms. The second kappa shape index (κ2) is 7.19. The molecule has 3 aliphatic rings. The summed E-state index contributed by atoms with van der Waals surface area (Å²) in [6.07, 6.45) is 9.19. The minimum atomic E-state index is 0.0678. The summed E-state index contributed by atoms with van der Waals surface area (Å²) in [5.41, 5.74) is 0.891. The lowest BCUT2D eigenvalue weighted by Crippen LogP contribution is -2.34. The van der Waals surface area contributed by atoms with Crippen molar-refractivity contribution in [3.05, 3.63) is 30.1 Å². The van der Waals surface area contributed by atoms with E-state index in [0.717, 1.165) is 24.7 Å². The molecule has 0 unspecified atom stereocenters. The average Bonchev–Trinajstić information content (AvgIpc) is 3.29. The highest BCUT2D eigenvalue weighted by atomic mass is 16.5. The molecule has 2 aliphatic heterocycles. The summed E-state index contributed by atoms with van der Waals surface area (Å²) in [5, 5.41) is 2.95. The van der Waals surface area contributed by atoms with Gasteiger partial charge in [0.25, 0.3) is 0 Å². The Hall–Kier alpha value is -1.46. The molecule has 1 aromatic rings. The minimum Gasteiger partial charge on any atom is -0.373 e. The molecule has 1 aromatic heterocycles. The van der Waals surface area contributed by atoms with Crippen LogP contribution >= 0.6 is 0 Å². The highest BCUT2D eigenvalue weighted by Gasteiger charge is 2.44. The summed E-state index contributed by atoms with van der Waals surface area (Å²) in [4.78, 5) is 19.0. The van der Waals surface area contributed by atoms with Crippen molar-refractivity contribution in [1.82, 2.24) is 15.2 Å². The number of nitrogens with one attached hydrogen (secondary N) is 1. The van der Waals surface area contributed by atoms with E-state index >= 15 is 0 Å². The Kier molecular flexibility index (Phi) is 4.81. The molecule has 0 bridgehead atoms. The quantitative estimate of drug-likeness (QED) is 0.899. The maximum absolute atomic E-state index is 12.1. The highest BCUT2D eigenvalue weighted by molar-refractivity contribution is 5.76. The van der Waals surface area contributed by atoms with E-state index in [0.29, 0.717) is 25.0 Å². The van der Waals surface area contributed by atoms with Gasteiger partial charge in [0.05, 0.1) is 30.9 Å². The Balaban J connectivity index is 1.20. The number of ether oxygens (including phenoxy) is 1. The number of pyridine rings is 1. The predicted octanol–water partition coefficient (Wildman–Crippen LogP) is 2.12. The molecule has 1 aliphatic carbocycles. The summed E-state index contributed by atoms with van der Waals surface area (Å²) in [7, 11) is 0. The van der Waals surface area contributed by atoms with E-state index in [-0.39, 0.29) is 12.0 Å². The van der Waals surface area contributed by atoms with Crippen LogP contribution in [-0.4, -0.2) is 47.1 Å². The molecule has 130 valence electrons. The number of hydrogen-bond donors (Lipinski definition) is 1. The van der Waals surface area contributed by atoms with Crippen LogP contribution in [0.1, 0.15) is 44.2 Å². The SMILES string of the molecule is O=C(C[C@H]1C[C@H]2CN(C3CCCC3)C[C@H]2O1)NCc1ccccn1. The number of carbonyl (C=O) groups excluding carboxylic acids is 1. The smallest absolute Gasteiger partial charge is 0.222 e. The first-order chi connectivity index (χ1) is 11.8. The van der Waals surface area contributed by atoms with Crippen LogP contribution in [0.2, 0.25) is 0 Å². The summed E-state index contributed by atoms with van der Waals surface area (Å²) < 4.78 is 6.18. The Bertz CT molecular complexity index is 545. The van der Waals surface area contributed by atoms with Gasteiger partial charge in [-0.15, -0.1) is 0 Å². The molecule has 3 atom stereocenters. The van der Waals surface area contributed by atoms with Crippen molar-refractivity contribution < 1.29 is 9.53 Å². The second-order valence-electron chi connectivity index (χ2n) is 7.49. The first kappa shape index (κ1) is 16.0. The van der Waals surface area contributed by atoms with Gasteiger partial charge in [-0.2, -0.15) is 0 Å². The van der Waals surface area contributed by atoms with Crippen LogP contribution in [0, 0.1) is 5.92 Å². The van der Waals surface area contributed by atoms with Crippen LogP contribution in [0.3, 0.4) is 0 Å². The third-order valence-corrected chi connectivity index (χ3v) is 5.79. The van der Waals surface area contributed by atoms with Crippen molar-refractivity contribution in [2.24, 2.45) is 5.92 Å². The van der Waals surface area contributed by atoms with Gasteiger partial charge < -0.3 is 10.1 Å². The Labute approximate surface area is 143 Å². The van der Waals surface area contributed by atoms with Crippen LogP contribution in [0.5, 0.6) is 0 Å². The molecule has 5 heteroatoms. The summed E-state index contributed by atoms with van der Waals surface area (Å²) in [6, 6.07) is 6.53. The van der Waals surface area contributed by atoms with Gasteiger partial charge in [-0.25, -0.2) is 0 Å². The van der Waals surface area contributed by atoms with E-state index in [1.54, 1.807) is 6.20 Å². The number of aromatic nitrogens is 1. The summed E-state index contributed by atoms with van der Waals surface area (Å²) in [5.74, 6) is 0.692. The van der Waals surface area contributed by atoms with Crippen molar-refractivity contribution in [3.63, 3.8) is 0 Å². The maximum Gasteiger partial charge on any atom is 0.222 e. The van der Waals surface area contributed by atoms with Crippen molar-refractivity contribution in [1.29, 1.82) is 0 Å². The molecule has 3 fully saturated rings. The Morgan fingerprint density at radius 2 is 2.17 bits per heavy atom. The lowest BCUT2D eigenvalue weighted by atomic mass is 10.0. The van der Waals surface area contributed by atoms with Crippen LogP contribution in [0.4, 0.5) is 0 Å². The molecule has 1 N–H and O–H groups in total. The molecule has 4 rings (SSSR count). The first-order valence-electron chi connectivity index (χ1n) is 9.34. The van der Waals surface area contributed by atoms with E-state index in [4.69, 9.17) is 4.74 Å². The minimum absolute atomic E-state index is 0.0678. The zero-order valence-corrected chi connectivity index (χ0v) is 14.2. The van der Waals surface area contributed by atoms with E-state index in [1.165, 1.54) is 32.2 Å². The molecule has 0 aromatic carbocycles. The number of amides is 1. The molecule has 1 saturated carbocycles. The van der Waals surface area contributed by atoms with Crippen molar-refractivity contribution >= 4 is 5.91 Å². The van der Waals surface area contributed by atoms with Gasteiger partial charge in [0.15, 0.2) is 0 Å². The largest absolute Gasteiger partial charge is 0.373 e. The van der Waals surface area contributed by atoms with Crippen LogP contribution in [0.15, 0.2) is 24.4 Å². The number of likely N-dealkylation sites (tertiary alicyclic amines) is 1. The van der Waals surface area contributed by atoms with Crippen molar-refractivity contribution in [2.75, 3.05) is 13.1 Å². The van der Waals surface area contributed by atoms with Gasteiger partial charge in [-0.1, -0.05) is 18.9 Å².